The van der Waals surface area contributed by atoms with Gasteiger partial charge in [-0.15, -0.1) is 0 Å². The number of nitrogens with zero attached hydrogens (tertiary/aromatic N) is 1. The molecule has 2 rings (SSSR count). The zero-order valence-corrected chi connectivity index (χ0v) is 11.9. The fraction of sp³-hybridized carbons (Fsp3) is 0.312. The van der Waals surface area contributed by atoms with Gasteiger partial charge in [-0.25, -0.2) is 4.98 Å². The Hall–Kier alpha value is -1.91. The molecule has 20 heavy (non-hydrogen) atoms. The van der Waals surface area contributed by atoms with Crippen LogP contribution in [0.25, 0.3) is 0 Å². The van der Waals surface area contributed by atoms with Crippen molar-refractivity contribution in [1.29, 1.82) is 0 Å². The van der Waals surface area contributed by atoms with Gasteiger partial charge in [0.15, 0.2) is 0 Å². The van der Waals surface area contributed by atoms with E-state index in [0.717, 1.165) is 12.1 Å². The quantitative estimate of drug-likeness (QED) is 0.841. The van der Waals surface area contributed by atoms with E-state index in [-0.39, 0.29) is 6.04 Å². The smallest absolute Gasteiger partial charge is 0.212 e. The van der Waals surface area contributed by atoms with E-state index in [1.165, 1.54) is 5.56 Å². The molecule has 0 aliphatic rings. The van der Waals surface area contributed by atoms with Gasteiger partial charge in [0, 0.05) is 25.9 Å². The molecule has 4 heteroatoms. The summed E-state index contributed by atoms with van der Waals surface area (Å²) < 4.78 is 10.3. The maximum Gasteiger partial charge on any atom is 0.212 e. The van der Waals surface area contributed by atoms with E-state index in [4.69, 9.17) is 9.47 Å². The summed E-state index contributed by atoms with van der Waals surface area (Å²) in [7, 11) is 3.33. The molecular weight excluding hydrogens is 252 g/mol. The summed E-state index contributed by atoms with van der Waals surface area (Å²) in [5.41, 5.74) is 2.33. The molecule has 0 bridgehead atoms. The molecule has 0 spiro atoms. The summed E-state index contributed by atoms with van der Waals surface area (Å²) >= 11 is 0. The van der Waals surface area contributed by atoms with Gasteiger partial charge >= 0.3 is 0 Å². The SMILES string of the molecule is COCC(NCc1ccc(OC)nc1)c1ccccc1. The predicted molar refractivity (Wildman–Crippen MR) is 78.7 cm³/mol. The molecule has 1 aromatic heterocycles. The number of ether oxygens (including phenoxy) is 2. The molecule has 4 nitrogen and oxygen atoms in total. The molecule has 1 N–H and O–H groups in total. The Morgan fingerprint density at radius 1 is 1.10 bits per heavy atom. The minimum absolute atomic E-state index is 0.170. The van der Waals surface area contributed by atoms with Crippen molar-refractivity contribution in [3.8, 4) is 5.88 Å². The third-order valence-corrected chi connectivity index (χ3v) is 3.09. The lowest BCUT2D eigenvalue weighted by Gasteiger charge is -2.18. The number of rotatable bonds is 7. The average Bonchev–Trinajstić information content (AvgIpc) is 2.53. The van der Waals surface area contributed by atoms with Crippen LogP contribution in [0.3, 0.4) is 0 Å². The van der Waals surface area contributed by atoms with Crippen molar-refractivity contribution < 1.29 is 9.47 Å². The molecule has 0 amide bonds. The first-order valence-electron chi connectivity index (χ1n) is 6.59. The first-order chi connectivity index (χ1) is 9.83. The van der Waals surface area contributed by atoms with Crippen LogP contribution in [0.2, 0.25) is 0 Å². The van der Waals surface area contributed by atoms with E-state index in [1.807, 2.05) is 36.5 Å². The normalized spacial score (nSPS) is 12.1. The van der Waals surface area contributed by atoms with Crippen LogP contribution in [0, 0.1) is 0 Å². The Balaban J connectivity index is 1.98. The topological polar surface area (TPSA) is 43.4 Å². The van der Waals surface area contributed by atoms with Gasteiger partial charge in [0.25, 0.3) is 0 Å². The van der Waals surface area contributed by atoms with E-state index in [1.54, 1.807) is 14.2 Å². The maximum absolute atomic E-state index is 5.29. The predicted octanol–water partition coefficient (Wildman–Crippen LogP) is 2.57. The Morgan fingerprint density at radius 2 is 1.90 bits per heavy atom. The van der Waals surface area contributed by atoms with Crippen LogP contribution in [-0.4, -0.2) is 25.8 Å². The van der Waals surface area contributed by atoms with Crippen LogP contribution in [-0.2, 0) is 11.3 Å². The molecule has 0 aliphatic heterocycles. The molecule has 0 fully saturated rings. The lowest BCUT2D eigenvalue weighted by atomic mass is 10.1. The molecular formula is C16H20N2O2. The molecule has 0 saturated heterocycles. The van der Waals surface area contributed by atoms with Crippen molar-refractivity contribution in [2.24, 2.45) is 0 Å². The van der Waals surface area contributed by atoms with Crippen LogP contribution in [0.1, 0.15) is 17.2 Å². The molecule has 0 aliphatic carbocycles. The highest BCUT2D eigenvalue weighted by Gasteiger charge is 2.10. The van der Waals surface area contributed by atoms with Crippen molar-refractivity contribution >= 4 is 0 Å². The molecule has 106 valence electrons. The number of hydrogen-bond donors (Lipinski definition) is 1. The van der Waals surface area contributed by atoms with E-state index in [2.05, 4.69) is 22.4 Å². The highest BCUT2D eigenvalue weighted by atomic mass is 16.5. The molecule has 0 saturated carbocycles. The van der Waals surface area contributed by atoms with Gasteiger partial charge in [0.2, 0.25) is 5.88 Å². The van der Waals surface area contributed by atoms with E-state index in [9.17, 15) is 0 Å². The fourth-order valence-corrected chi connectivity index (χ4v) is 2.00. The fourth-order valence-electron chi connectivity index (χ4n) is 2.00. The van der Waals surface area contributed by atoms with Crippen LogP contribution in [0.15, 0.2) is 48.7 Å². The summed E-state index contributed by atoms with van der Waals surface area (Å²) in [6.45, 7) is 1.37. The van der Waals surface area contributed by atoms with Crippen molar-refractivity contribution in [2.75, 3.05) is 20.8 Å². The molecule has 0 radical (unpaired) electrons. The standard InChI is InChI=1S/C16H20N2O2/c1-19-12-15(14-6-4-3-5-7-14)17-10-13-8-9-16(20-2)18-11-13/h3-9,11,15,17H,10,12H2,1-2H3. The average molecular weight is 272 g/mol. The van der Waals surface area contributed by atoms with Gasteiger partial charge in [0.1, 0.15) is 0 Å². The van der Waals surface area contributed by atoms with Crippen molar-refractivity contribution in [2.45, 2.75) is 12.6 Å². The van der Waals surface area contributed by atoms with Crippen LogP contribution >= 0.6 is 0 Å². The number of nitrogens with one attached hydrogen (secondary N) is 1. The number of hydrogen-bond acceptors (Lipinski definition) is 4. The Kier molecular flexibility index (Phi) is 5.53. The first-order valence-corrected chi connectivity index (χ1v) is 6.59. The number of aromatic nitrogens is 1. The Labute approximate surface area is 119 Å². The molecule has 1 unspecified atom stereocenters. The molecule has 1 heterocycles. The zero-order valence-electron chi connectivity index (χ0n) is 11.9. The third-order valence-electron chi connectivity index (χ3n) is 3.09. The van der Waals surface area contributed by atoms with E-state index >= 15 is 0 Å². The zero-order chi connectivity index (χ0) is 14.2. The number of methoxy groups -OCH3 is 2. The molecule has 1 atom stereocenters. The Morgan fingerprint density at radius 3 is 2.50 bits per heavy atom. The van der Waals surface area contributed by atoms with E-state index in [0.29, 0.717) is 12.5 Å². The van der Waals surface area contributed by atoms with Gasteiger partial charge < -0.3 is 14.8 Å². The lowest BCUT2D eigenvalue weighted by Crippen LogP contribution is -2.24. The third kappa shape index (κ3) is 4.05. The van der Waals surface area contributed by atoms with Crippen LogP contribution in [0.5, 0.6) is 5.88 Å². The monoisotopic (exact) mass is 272 g/mol. The van der Waals surface area contributed by atoms with Crippen molar-refractivity contribution in [1.82, 2.24) is 10.3 Å². The van der Waals surface area contributed by atoms with Gasteiger partial charge in [-0.3, -0.25) is 0 Å². The number of pyridine rings is 1. The van der Waals surface area contributed by atoms with Gasteiger partial charge in [-0.05, 0) is 11.1 Å². The summed E-state index contributed by atoms with van der Waals surface area (Å²) in [4.78, 5) is 4.20. The minimum atomic E-state index is 0.170. The van der Waals surface area contributed by atoms with E-state index < -0.39 is 0 Å². The summed E-state index contributed by atoms with van der Waals surface area (Å²) in [6, 6.07) is 14.3. The second kappa shape index (κ2) is 7.62. The summed E-state index contributed by atoms with van der Waals surface area (Å²) in [5.74, 6) is 0.630. The Bertz CT molecular complexity index is 500. The maximum atomic E-state index is 5.29. The summed E-state index contributed by atoms with van der Waals surface area (Å²) in [5, 5.41) is 3.48. The highest BCUT2D eigenvalue weighted by Crippen LogP contribution is 2.14. The largest absolute Gasteiger partial charge is 0.481 e. The van der Waals surface area contributed by atoms with Gasteiger partial charge in [-0.1, -0.05) is 36.4 Å². The first kappa shape index (κ1) is 14.5. The van der Waals surface area contributed by atoms with Crippen molar-refractivity contribution in [3.05, 3.63) is 59.8 Å². The second-order valence-corrected chi connectivity index (χ2v) is 4.51. The van der Waals surface area contributed by atoms with Crippen LogP contribution in [0.4, 0.5) is 0 Å². The number of benzene rings is 1. The lowest BCUT2D eigenvalue weighted by molar-refractivity contribution is 0.166. The molecule has 1 aromatic carbocycles. The second-order valence-electron chi connectivity index (χ2n) is 4.51. The molecule has 2 aromatic rings. The van der Waals surface area contributed by atoms with Crippen LogP contribution < -0.4 is 10.1 Å². The van der Waals surface area contributed by atoms with Gasteiger partial charge in [-0.2, -0.15) is 0 Å². The summed E-state index contributed by atoms with van der Waals surface area (Å²) in [6.07, 6.45) is 1.82. The highest BCUT2D eigenvalue weighted by molar-refractivity contribution is 5.21. The van der Waals surface area contributed by atoms with Crippen molar-refractivity contribution in [3.63, 3.8) is 0 Å². The van der Waals surface area contributed by atoms with Gasteiger partial charge in [0.05, 0.1) is 19.8 Å². The minimum Gasteiger partial charge on any atom is -0.481 e.